The van der Waals surface area contributed by atoms with E-state index in [9.17, 15) is 13.2 Å². The lowest BCUT2D eigenvalue weighted by atomic mass is 10.4. The minimum atomic E-state index is -1.56. The van der Waals surface area contributed by atoms with E-state index in [0.717, 1.165) is 0 Å². The van der Waals surface area contributed by atoms with E-state index in [0.29, 0.717) is 6.20 Å². The van der Waals surface area contributed by atoms with Crippen LogP contribution in [0.4, 0.5) is 13.2 Å². The molecule has 0 spiro atoms. The van der Waals surface area contributed by atoms with Crippen molar-refractivity contribution in [2.75, 3.05) is 6.61 Å². The van der Waals surface area contributed by atoms with Crippen molar-refractivity contribution < 1.29 is 17.9 Å². The van der Waals surface area contributed by atoms with Gasteiger partial charge in [-0.2, -0.15) is 4.39 Å². The fraction of sp³-hybridized carbons (Fsp3) is 0.286. The molecular formula is C7H6F3NO. The van der Waals surface area contributed by atoms with Crippen molar-refractivity contribution in [2.24, 2.45) is 0 Å². The van der Waals surface area contributed by atoms with Crippen molar-refractivity contribution >= 4 is 0 Å². The molecule has 1 rings (SSSR count). The van der Waals surface area contributed by atoms with Gasteiger partial charge in [-0.05, 0) is 6.92 Å². The lowest BCUT2D eigenvalue weighted by molar-refractivity contribution is 0.294. The zero-order valence-electron chi connectivity index (χ0n) is 6.27. The summed E-state index contributed by atoms with van der Waals surface area (Å²) in [6.45, 7) is 1.73. The molecular weight excluding hydrogens is 171 g/mol. The Balaban J connectivity index is 3.08. The van der Waals surface area contributed by atoms with Crippen molar-refractivity contribution in [3.63, 3.8) is 0 Å². The van der Waals surface area contributed by atoms with Crippen molar-refractivity contribution in [2.45, 2.75) is 6.92 Å². The summed E-state index contributed by atoms with van der Waals surface area (Å²) in [5.41, 5.74) is 0. The van der Waals surface area contributed by atoms with E-state index in [4.69, 9.17) is 0 Å². The first-order valence-corrected chi connectivity index (χ1v) is 3.29. The topological polar surface area (TPSA) is 22.1 Å². The smallest absolute Gasteiger partial charge is 0.253 e. The molecule has 1 heterocycles. The quantitative estimate of drug-likeness (QED) is 0.688. The van der Waals surface area contributed by atoms with Crippen molar-refractivity contribution in [3.8, 4) is 5.88 Å². The van der Waals surface area contributed by atoms with Crippen LogP contribution in [0.3, 0.4) is 0 Å². The van der Waals surface area contributed by atoms with Crippen LogP contribution in [0, 0.1) is 17.5 Å². The van der Waals surface area contributed by atoms with Crippen molar-refractivity contribution in [1.29, 1.82) is 0 Å². The number of halogens is 3. The first-order chi connectivity index (χ1) is 5.66. The van der Waals surface area contributed by atoms with E-state index in [1.165, 1.54) is 0 Å². The first-order valence-electron chi connectivity index (χ1n) is 3.29. The van der Waals surface area contributed by atoms with Gasteiger partial charge >= 0.3 is 0 Å². The van der Waals surface area contributed by atoms with Crippen LogP contribution in [0.2, 0.25) is 0 Å². The standard InChI is InChI=1S/C7H6F3NO/c1-2-12-7-6(10)5(9)4(8)3-11-7/h3H,2H2,1H3. The van der Waals surface area contributed by atoms with Gasteiger partial charge in [0.15, 0.2) is 5.82 Å². The average molecular weight is 177 g/mol. The van der Waals surface area contributed by atoms with Crippen molar-refractivity contribution in [3.05, 3.63) is 23.6 Å². The van der Waals surface area contributed by atoms with Crippen LogP contribution >= 0.6 is 0 Å². The summed E-state index contributed by atoms with van der Waals surface area (Å²) < 4.78 is 41.9. The molecule has 0 radical (unpaired) electrons. The fourth-order valence-corrected chi connectivity index (χ4v) is 0.665. The van der Waals surface area contributed by atoms with Crippen LogP contribution in [-0.4, -0.2) is 11.6 Å². The van der Waals surface area contributed by atoms with Crippen molar-refractivity contribution in [1.82, 2.24) is 4.98 Å². The predicted octanol–water partition coefficient (Wildman–Crippen LogP) is 1.90. The second-order valence-corrected chi connectivity index (χ2v) is 1.97. The zero-order chi connectivity index (χ0) is 9.14. The summed E-state index contributed by atoms with van der Waals surface area (Å²) in [7, 11) is 0. The average Bonchev–Trinajstić information content (AvgIpc) is 2.07. The van der Waals surface area contributed by atoms with E-state index in [1.807, 2.05) is 0 Å². The van der Waals surface area contributed by atoms with Gasteiger partial charge in [-0.3, -0.25) is 0 Å². The normalized spacial score (nSPS) is 10.0. The Kier molecular flexibility index (Phi) is 2.52. The van der Waals surface area contributed by atoms with Gasteiger partial charge in [-0.15, -0.1) is 0 Å². The summed E-state index contributed by atoms with van der Waals surface area (Å²) in [6, 6.07) is 0. The van der Waals surface area contributed by atoms with Gasteiger partial charge in [-0.25, -0.2) is 13.8 Å². The van der Waals surface area contributed by atoms with Gasteiger partial charge < -0.3 is 4.74 Å². The van der Waals surface area contributed by atoms with Gasteiger partial charge in [0.1, 0.15) is 0 Å². The maximum absolute atomic E-state index is 12.6. The highest BCUT2D eigenvalue weighted by atomic mass is 19.2. The first kappa shape index (κ1) is 8.83. The molecule has 12 heavy (non-hydrogen) atoms. The number of hydrogen-bond donors (Lipinski definition) is 0. The Bertz CT molecular complexity index is 290. The molecule has 5 heteroatoms. The van der Waals surface area contributed by atoms with Gasteiger partial charge in [0.2, 0.25) is 11.6 Å². The highest BCUT2D eigenvalue weighted by Gasteiger charge is 2.15. The number of ether oxygens (including phenoxy) is 1. The number of nitrogens with zero attached hydrogens (tertiary/aromatic N) is 1. The number of hydrogen-bond acceptors (Lipinski definition) is 2. The van der Waals surface area contributed by atoms with Crippen LogP contribution in [-0.2, 0) is 0 Å². The third kappa shape index (κ3) is 1.49. The van der Waals surface area contributed by atoms with Crippen LogP contribution in [0.5, 0.6) is 5.88 Å². The minimum absolute atomic E-state index is 0.148. The van der Waals surface area contributed by atoms with E-state index in [1.54, 1.807) is 6.92 Å². The van der Waals surface area contributed by atoms with E-state index in [-0.39, 0.29) is 6.61 Å². The Morgan fingerprint density at radius 1 is 1.33 bits per heavy atom. The SMILES string of the molecule is CCOc1ncc(F)c(F)c1F. The Morgan fingerprint density at radius 2 is 2.00 bits per heavy atom. The molecule has 2 nitrogen and oxygen atoms in total. The summed E-state index contributed by atoms with van der Waals surface area (Å²) in [4.78, 5) is 3.22. The van der Waals surface area contributed by atoms with Gasteiger partial charge in [0.05, 0.1) is 12.8 Å². The summed E-state index contributed by atoms with van der Waals surface area (Å²) in [5, 5.41) is 0. The maximum Gasteiger partial charge on any atom is 0.253 e. The molecule has 1 aromatic heterocycles. The van der Waals surface area contributed by atoms with Crippen LogP contribution < -0.4 is 4.74 Å². The van der Waals surface area contributed by atoms with Crippen LogP contribution in [0.25, 0.3) is 0 Å². The Morgan fingerprint density at radius 3 is 2.58 bits per heavy atom. The highest BCUT2D eigenvalue weighted by Crippen LogP contribution is 2.18. The molecule has 0 N–H and O–H groups in total. The van der Waals surface area contributed by atoms with E-state index >= 15 is 0 Å². The van der Waals surface area contributed by atoms with Crippen LogP contribution in [0.1, 0.15) is 6.92 Å². The molecule has 0 bridgehead atoms. The molecule has 0 atom stereocenters. The van der Waals surface area contributed by atoms with Gasteiger partial charge in [0.25, 0.3) is 5.88 Å². The zero-order valence-corrected chi connectivity index (χ0v) is 6.27. The number of aromatic nitrogens is 1. The molecule has 1 aromatic rings. The minimum Gasteiger partial charge on any atom is -0.476 e. The molecule has 0 saturated carbocycles. The molecule has 0 amide bonds. The monoisotopic (exact) mass is 177 g/mol. The van der Waals surface area contributed by atoms with E-state index in [2.05, 4.69) is 9.72 Å². The molecule has 0 aliphatic carbocycles. The second kappa shape index (κ2) is 3.42. The summed E-state index contributed by atoms with van der Waals surface area (Å²) in [6.07, 6.45) is 0.573. The largest absolute Gasteiger partial charge is 0.476 e. The Hall–Kier alpha value is -1.26. The lowest BCUT2D eigenvalue weighted by Crippen LogP contribution is -2.01. The van der Waals surface area contributed by atoms with Gasteiger partial charge in [0, 0.05) is 0 Å². The number of rotatable bonds is 2. The second-order valence-electron chi connectivity index (χ2n) is 1.97. The third-order valence-corrected chi connectivity index (χ3v) is 1.17. The van der Waals surface area contributed by atoms with E-state index < -0.39 is 23.3 Å². The summed E-state index contributed by atoms with van der Waals surface area (Å²) in [5.74, 6) is -4.79. The maximum atomic E-state index is 12.6. The molecule has 0 fully saturated rings. The molecule has 0 aliphatic rings. The molecule has 0 aliphatic heterocycles. The molecule has 66 valence electrons. The molecule has 0 unspecified atom stereocenters. The molecule has 0 aromatic carbocycles. The number of pyridine rings is 1. The fourth-order valence-electron chi connectivity index (χ4n) is 0.665. The highest BCUT2D eigenvalue weighted by molar-refractivity contribution is 5.16. The molecule has 0 saturated heterocycles. The lowest BCUT2D eigenvalue weighted by Gasteiger charge is -2.02. The predicted molar refractivity (Wildman–Crippen MR) is 35.3 cm³/mol. The third-order valence-electron chi connectivity index (χ3n) is 1.17. The van der Waals surface area contributed by atoms with Crippen LogP contribution in [0.15, 0.2) is 6.20 Å². The van der Waals surface area contributed by atoms with Gasteiger partial charge in [-0.1, -0.05) is 0 Å². The Labute approximate surface area is 67.0 Å². The summed E-state index contributed by atoms with van der Waals surface area (Å²) >= 11 is 0.